The van der Waals surface area contributed by atoms with Gasteiger partial charge in [-0.2, -0.15) is 0 Å². The van der Waals surface area contributed by atoms with Crippen molar-refractivity contribution < 1.29 is 9.90 Å². The lowest BCUT2D eigenvalue weighted by molar-refractivity contribution is -0.143. The van der Waals surface area contributed by atoms with E-state index in [0.29, 0.717) is 18.8 Å². The molecule has 0 saturated carbocycles. The molecule has 0 aliphatic carbocycles. The van der Waals surface area contributed by atoms with Crippen LogP contribution in [0.15, 0.2) is 30.3 Å². The third-order valence-electron chi connectivity index (χ3n) is 4.12. The predicted molar refractivity (Wildman–Crippen MR) is 86.7 cm³/mol. The molecule has 0 bridgehead atoms. The first-order chi connectivity index (χ1) is 10.5. The molecule has 0 saturated heterocycles. The highest BCUT2D eigenvalue weighted by Crippen LogP contribution is 2.28. The van der Waals surface area contributed by atoms with Crippen molar-refractivity contribution in [1.29, 1.82) is 0 Å². The van der Waals surface area contributed by atoms with Crippen LogP contribution in [-0.2, 0) is 11.8 Å². The van der Waals surface area contributed by atoms with Gasteiger partial charge in [0.2, 0.25) is 0 Å². The zero-order valence-corrected chi connectivity index (χ0v) is 13.6. The number of imidazole rings is 1. The van der Waals surface area contributed by atoms with Crippen LogP contribution in [-0.4, -0.2) is 38.6 Å². The molecule has 0 radical (unpaired) electrons. The maximum Gasteiger partial charge on any atom is 0.327 e. The second-order valence-electron chi connectivity index (χ2n) is 5.29. The molecule has 1 unspecified atom stereocenters. The largest absolute Gasteiger partial charge is 0.480 e. The number of nitrogens with zero attached hydrogens (tertiary/aromatic N) is 3. The summed E-state index contributed by atoms with van der Waals surface area (Å²) in [7, 11) is 1.93. The first-order valence-corrected chi connectivity index (χ1v) is 7.56. The SMILES string of the molecule is CCN(CC)C(C(=O)O)c1nc(-c2ccccc2)n(C)c1C. The van der Waals surface area contributed by atoms with E-state index in [2.05, 4.69) is 4.98 Å². The van der Waals surface area contributed by atoms with E-state index >= 15 is 0 Å². The van der Waals surface area contributed by atoms with E-state index < -0.39 is 12.0 Å². The number of benzene rings is 1. The molecule has 1 N–H and O–H groups in total. The zero-order valence-electron chi connectivity index (χ0n) is 13.6. The van der Waals surface area contributed by atoms with E-state index in [4.69, 9.17) is 0 Å². The molecule has 1 aromatic heterocycles. The minimum atomic E-state index is -0.857. The summed E-state index contributed by atoms with van der Waals surface area (Å²) < 4.78 is 1.96. The van der Waals surface area contributed by atoms with Gasteiger partial charge in [-0.05, 0) is 20.0 Å². The van der Waals surface area contributed by atoms with Crippen molar-refractivity contribution in [2.45, 2.75) is 26.8 Å². The normalized spacial score (nSPS) is 12.6. The molecule has 0 amide bonds. The lowest BCUT2D eigenvalue weighted by atomic mass is 10.1. The number of hydrogen-bond acceptors (Lipinski definition) is 3. The van der Waals surface area contributed by atoms with Gasteiger partial charge in [-0.15, -0.1) is 0 Å². The van der Waals surface area contributed by atoms with Crippen LogP contribution in [0.5, 0.6) is 0 Å². The van der Waals surface area contributed by atoms with Gasteiger partial charge >= 0.3 is 5.97 Å². The fourth-order valence-electron chi connectivity index (χ4n) is 2.74. The number of carboxylic acid groups (broad SMARTS) is 1. The summed E-state index contributed by atoms with van der Waals surface area (Å²) in [4.78, 5) is 18.3. The Hall–Kier alpha value is -2.14. The van der Waals surface area contributed by atoms with Crippen molar-refractivity contribution >= 4 is 5.97 Å². The molecule has 1 heterocycles. The van der Waals surface area contributed by atoms with E-state index in [-0.39, 0.29) is 0 Å². The van der Waals surface area contributed by atoms with E-state index in [0.717, 1.165) is 17.1 Å². The Balaban J connectivity index is 2.54. The van der Waals surface area contributed by atoms with Gasteiger partial charge in [0.25, 0.3) is 0 Å². The first kappa shape index (κ1) is 16.2. The fourth-order valence-corrected chi connectivity index (χ4v) is 2.74. The molecular formula is C17H23N3O2. The number of carboxylic acids is 1. The van der Waals surface area contributed by atoms with E-state index in [1.54, 1.807) is 0 Å². The number of hydrogen-bond donors (Lipinski definition) is 1. The second-order valence-corrected chi connectivity index (χ2v) is 5.29. The molecule has 0 aliphatic heterocycles. The van der Waals surface area contributed by atoms with Gasteiger partial charge in [0.05, 0.1) is 5.69 Å². The molecule has 118 valence electrons. The summed E-state index contributed by atoms with van der Waals surface area (Å²) in [6, 6.07) is 9.13. The molecule has 0 spiro atoms. The monoisotopic (exact) mass is 301 g/mol. The summed E-state index contributed by atoms with van der Waals surface area (Å²) in [5.41, 5.74) is 2.50. The number of aliphatic carboxylic acids is 1. The van der Waals surface area contributed by atoms with Crippen LogP contribution in [0.1, 0.15) is 31.3 Å². The molecule has 0 aliphatic rings. The Bertz CT molecular complexity index is 645. The van der Waals surface area contributed by atoms with Crippen molar-refractivity contribution in [3.8, 4) is 11.4 Å². The smallest absolute Gasteiger partial charge is 0.327 e. The van der Waals surface area contributed by atoms with Crippen LogP contribution in [0.4, 0.5) is 0 Å². The molecule has 1 atom stereocenters. The van der Waals surface area contributed by atoms with E-state index in [9.17, 15) is 9.90 Å². The zero-order chi connectivity index (χ0) is 16.3. The first-order valence-electron chi connectivity index (χ1n) is 7.56. The van der Waals surface area contributed by atoms with Crippen LogP contribution >= 0.6 is 0 Å². The third-order valence-corrected chi connectivity index (χ3v) is 4.12. The van der Waals surface area contributed by atoms with Gasteiger partial charge in [-0.3, -0.25) is 9.69 Å². The van der Waals surface area contributed by atoms with Crippen LogP contribution in [0, 0.1) is 6.92 Å². The fraction of sp³-hybridized carbons (Fsp3) is 0.412. The summed E-state index contributed by atoms with van der Waals surface area (Å²) >= 11 is 0. The average molecular weight is 301 g/mol. The number of likely N-dealkylation sites (N-methyl/N-ethyl adjacent to an activating group) is 1. The van der Waals surface area contributed by atoms with Gasteiger partial charge in [-0.25, -0.2) is 4.98 Å². The predicted octanol–water partition coefficient (Wildman–Crippen LogP) is 2.86. The second kappa shape index (κ2) is 6.75. The maximum atomic E-state index is 11.8. The highest BCUT2D eigenvalue weighted by molar-refractivity contribution is 5.76. The molecule has 22 heavy (non-hydrogen) atoms. The lowest BCUT2D eigenvalue weighted by Crippen LogP contribution is -2.34. The van der Waals surface area contributed by atoms with Gasteiger partial charge in [0.1, 0.15) is 5.82 Å². The lowest BCUT2D eigenvalue weighted by Gasteiger charge is -2.25. The van der Waals surface area contributed by atoms with E-state index in [1.165, 1.54) is 0 Å². The average Bonchev–Trinajstić information content (AvgIpc) is 2.81. The highest BCUT2D eigenvalue weighted by atomic mass is 16.4. The van der Waals surface area contributed by atoms with Gasteiger partial charge in [0.15, 0.2) is 6.04 Å². The van der Waals surface area contributed by atoms with Crippen molar-refractivity contribution in [3.63, 3.8) is 0 Å². The van der Waals surface area contributed by atoms with Crippen LogP contribution in [0.2, 0.25) is 0 Å². The van der Waals surface area contributed by atoms with Gasteiger partial charge in [0, 0.05) is 18.3 Å². The summed E-state index contributed by atoms with van der Waals surface area (Å²) in [6.07, 6.45) is 0. The molecule has 0 fully saturated rings. The van der Waals surface area contributed by atoms with Crippen molar-refractivity contribution in [2.24, 2.45) is 7.05 Å². The topological polar surface area (TPSA) is 58.4 Å². The molecule has 5 heteroatoms. The van der Waals surface area contributed by atoms with E-state index in [1.807, 2.05) is 67.6 Å². The van der Waals surface area contributed by atoms with Crippen molar-refractivity contribution in [2.75, 3.05) is 13.1 Å². The van der Waals surface area contributed by atoms with Crippen LogP contribution in [0.3, 0.4) is 0 Å². The third kappa shape index (κ3) is 2.90. The summed E-state index contributed by atoms with van der Waals surface area (Å²) in [5.74, 6) is -0.0592. The molecule has 5 nitrogen and oxygen atoms in total. The van der Waals surface area contributed by atoms with Crippen molar-refractivity contribution in [3.05, 3.63) is 41.7 Å². The van der Waals surface area contributed by atoms with Crippen molar-refractivity contribution in [1.82, 2.24) is 14.5 Å². The van der Waals surface area contributed by atoms with Gasteiger partial charge in [-0.1, -0.05) is 44.2 Å². The van der Waals surface area contributed by atoms with Crippen LogP contribution < -0.4 is 0 Å². The Morgan fingerprint density at radius 1 is 1.27 bits per heavy atom. The van der Waals surface area contributed by atoms with Gasteiger partial charge < -0.3 is 9.67 Å². The summed E-state index contributed by atoms with van der Waals surface area (Å²) in [6.45, 7) is 7.20. The minimum absolute atomic E-state index is 0.623. The molecule has 2 aromatic rings. The Morgan fingerprint density at radius 2 is 1.86 bits per heavy atom. The Kier molecular flexibility index (Phi) is 4.98. The minimum Gasteiger partial charge on any atom is -0.480 e. The highest BCUT2D eigenvalue weighted by Gasteiger charge is 2.30. The Labute approximate surface area is 131 Å². The Morgan fingerprint density at radius 3 is 2.36 bits per heavy atom. The molecule has 1 aromatic carbocycles. The maximum absolute atomic E-state index is 11.8. The quantitative estimate of drug-likeness (QED) is 0.891. The standard InChI is InChI=1S/C17H23N3O2/c1-5-20(6-2)15(17(21)22)14-12(3)19(4)16(18-14)13-10-8-7-9-11-13/h7-11,15H,5-6H2,1-4H3,(H,21,22). The number of aromatic nitrogens is 2. The van der Waals surface area contributed by atoms with Crippen LogP contribution in [0.25, 0.3) is 11.4 Å². The number of carbonyl (C=O) groups is 1. The number of rotatable bonds is 6. The summed E-state index contributed by atoms with van der Waals surface area (Å²) in [5, 5.41) is 9.66. The molecular weight excluding hydrogens is 278 g/mol. The molecule has 2 rings (SSSR count).